The van der Waals surface area contributed by atoms with Gasteiger partial charge in [0.1, 0.15) is 5.52 Å². The highest BCUT2D eigenvalue weighted by atomic mass is 35.5. The molecule has 1 fully saturated rings. The number of aromatic nitrogens is 3. The quantitative estimate of drug-likeness (QED) is 0.945. The van der Waals surface area contributed by atoms with Gasteiger partial charge in [-0.2, -0.15) is 0 Å². The fourth-order valence-corrected chi connectivity index (χ4v) is 3.22. The number of anilines is 1. The molecule has 1 saturated carbocycles. The molecule has 0 amide bonds. The lowest BCUT2D eigenvalue weighted by Gasteiger charge is -2.52. The molecular formula is C14H19ClN4O. The van der Waals surface area contributed by atoms with Crippen LogP contribution in [-0.2, 0) is 4.74 Å². The van der Waals surface area contributed by atoms with Gasteiger partial charge in [0.2, 0.25) is 5.95 Å². The van der Waals surface area contributed by atoms with Crippen molar-refractivity contribution in [2.75, 3.05) is 12.3 Å². The Balaban J connectivity index is 2.02. The molecule has 3 rings (SSSR count). The first kappa shape index (κ1) is 13.6. The van der Waals surface area contributed by atoms with Crippen LogP contribution in [0.3, 0.4) is 0 Å². The molecule has 20 heavy (non-hydrogen) atoms. The number of rotatable bonds is 3. The van der Waals surface area contributed by atoms with Crippen molar-refractivity contribution in [2.24, 2.45) is 5.41 Å². The van der Waals surface area contributed by atoms with Crippen LogP contribution in [0.4, 0.5) is 5.95 Å². The maximum Gasteiger partial charge on any atom is 0.202 e. The molecule has 0 bridgehead atoms. The van der Waals surface area contributed by atoms with Gasteiger partial charge in [-0.1, -0.05) is 25.4 Å². The topological polar surface area (TPSA) is 66.0 Å². The van der Waals surface area contributed by atoms with Gasteiger partial charge in [0.05, 0.1) is 11.1 Å². The fourth-order valence-electron chi connectivity index (χ4n) is 3.07. The Labute approximate surface area is 123 Å². The number of hydrogen-bond acceptors (Lipinski definition) is 4. The summed E-state index contributed by atoms with van der Waals surface area (Å²) in [5, 5.41) is 0.571. The van der Waals surface area contributed by atoms with Crippen LogP contribution in [0.25, 0.3) is 11.2 Å². The molecule has 5 nitrogen and oxygen atoms in total. The van der Waals surface area contributed by atoms with Gasteiger partial charge in [0.15, 0.2) is 5.65 Å². The zero-order valence-corrected chi connectivity index (χ0v) is 12.7. The predicted molar refractivity (Wildman–Crippen MR) is 79.8 cm³/mol. The molecule has 0 aliphatic heterocycles. The van der Waals surface area contributed by atoms with Crippen LogP contribution in [0, 0.1) is 5.41 Å². The van der Waals surface area contributed by atoms with Crippen LogP contribution in [-0.4, -0.2) is 27.2 Å². The second-order valence-electron chi connectivity index (χ2n) is 5.85. The summed E-state index contributed by atoms with van der Waals surface area (Å²) in [6.45, 7) is 7.15. The smallest absolute Gasteiger partial charge is 0.202 e. The number of ether oxygens (including phenoxy) is 1. The minimum Gasteiger partial charge on any atom is -0.378 e. The van der Waals surface area contributed by atoms with E-state index in [2.05, 4.69) is 23.8 Å². The summed E-state index contributed by atoms with van der Waals surface area (Å²) < 4.78 is 7.79. The third-order valence-corrected chi connectivity index (χ3v) is 4.54. The summed E-state index contributed by atoms with van der Waals surface area (Å²) in [7, 11) is 0. The third-order valence-electron chi connectivity index (χ3n) is 4.33. The summed E-state index contributed by atoms with van der Waals surface area (Å²) in [4.78, 5) is 8.76. The van der Waals surface area contributed by atoms with E-state index in [0.717, 1.165) is 24.2 Å². The minimum absolute atomic E-state index is 0.0130. The first-order valence-corrected chi connectivity index (χ1v) is 7.23. The SMILES string of the molecule is CCOC1CC(n2c(N)nc3cc(Cl)cnc32)C1(C)C. The number of pyridine rings is 1. The lowest BCUT2D eigenvalue weighted by atomic mass is 9.64. The van der Waals surface area contributed by atoms with E-state index in [1.165, 1.54) is 0 Å². The molecule has 6 heteroatoms. The molecule has 0 aromatic carbocycles. The van der Waals surface area contributed by atoms with E-state index in [9.17, 15) is 0 Å². The second kappa shape index (κ2) is 4.60. The molecule has 108 valence electrons. The minimum atomic E-state index is 0.0130. The summed E-state index contributed by atoms with van der Waals surface area (Å²) in [6, 6.07) is 2.04. The highest BCUT2D eigenvalue weighted by Crippen LogP contribution is 2.52. The molecule has 2 aromatic rings. The zero-order valence-electron chi connectivity index (χ0n) is 11.9. The standard InChI is InChI=1S/C14H19ClN4O/c1-4-20-11-6-10(14(11,2)3)19-12-9(18-13(19)16)5-8(15)7-17-12/h5,7,10-11H,4,6H2,1-3H3,(H2,16,18). The van der Waals surface area contributed by atoms with Crippen LogP contribution in [0.5, 0.6) is 0 Å². The second-order valence-corrected chi connectivity index (χ2v) is 6.29. The van der Waals surface area contributed by atoms with Crippen molar-refractivity contribution in [2.45, 2.75) is 39.3 Å². The normalized spacial score (nSPS) is 24.8. The zero-order chi connectivity index (χ0) is 14.5. The number of nitrogen functional groups attached to an aromatic ring is 1. The van der Waals surface area contributed by atoms with E-state index in [4.69, 9.17) is 22.1 Å². The molecule has 2 unspecified atom stereocenters. The molecule has 0 radical (unpaired) electrons. The Morgan fingerprint density at radius 3 is 2.95 bits per heavy atom. The third kappa shape index (κ3) is 1.88. The van der Waals surface area contributed by atoms with E-state index < -0.39 is 0 Å². The van der Waals surface area contributed by atoms with Gasteiger partial charge >= 0.3 is 0 Å². The highest BCUT2D eigenvalue weighted by molar-refractivity contribution is 6.31. The van der Waals surface area contributed by atoms with E-state index in [1.807, 2.05) is 11.5 Å². The van der Waals surface area contributed by atoms with Crippen molar-refractivity contribution < 1.29 is 4.74 Å². The lowest BCUT2D eigenvalue weighted by Crippen LogP contribution is -2.51. The van der Waals surface area contributed by atoms with Crippen LogP contribution in [0.2, 0.25) is 5.02 Å². The van der Waals surface area contributed by atoms with Crippen molar-refractivity contribution in [3.05, 3.63) is 17.3 Å². The average molecular weight is 295 g/mol. The van der Waals surface area contributed by atoms with E-state index in [1.54, 1.807) is 12.3 Å². The van der Waals surface area contributed by atoms with Gasteiger partial charge in [-0.25, -0.2) is 9.97 Å². The van der Waals surface area contributed by atoms with Crippen molar-refractivity contribution >= 4 is 28.7 Å². The first-order valence-electron chi connectivity index (χ1n) is 6.85. The largest absolute Gasteiger partial charge is 0.378 e. The highest BCUT2D eigenvalue weighted by Gasteiger charge is 2.51. The average Bonchev–Trinajstić information content (AvgIpc) is 2.69. The van der Waals surface area contributed by atoms with Crippen LogP contribution < -0.4 is 5.73 Å². The van der Waals surface area contributed by atoms with Crippen LogP contribution in [0.1, 0.15) is 33.2 Å². The molecule has 2 N–H and O–H groups in total. The number of nitrogens with zero attached hydrogens (tertiary/aromatic N) is 3. The number of imidazole rings is 1. The molecule has 2 atom stereocenters. The fraction of sp³-hybridized carbons (Fsp3) is 0.571. The Bertz CT molecular complexity index is 652. The molecule has 0 spiro atoms. The predicted octanol–water partition coefficient (Wildman–Crippen LogP) is 3.04. The van der Waals surface area contributed by atoms with Crippen molar-refractivity contribution in [1.29, 1.82) is 0 Å². The number of hydrogen-bond donors (Lipinski definition) is 1. The summed E-state index contributed by atoms with van der Waals surface area (Å²) in [5.41, 5.74) is 7.63. The van der Waals surface area contributed by atoms with E-state index >= 15 is 0 Å². The Hall–Kier alpha value is -1.33. The molecule has 2 heterocycles. The Morgan fingerprint density at radius 2 is 2.30 bits per heavy atom. The van der Waals surface area contributed by atoms with E-state index in [-0.39, 0.29) is 17.6 Å². The van der Waals surface area contributed by atoms with Gasteiger partial charge in [-0.3, -0.25) is 4.57 Å². The van der Waals surface area contributed by atoms with Crippen molar-refractivity contribution in [1.82, 2.24) is 14.5 Å². The van der Waals surface area contributed by atoms with Crippen LogP contribution >= 0.6 is 11.6 Å². The van der Waals surface area contributed by atoms with E-state index in [0.29, 0.717) is 11.0 Å². The Kier molecular flexibility index (Phi) is 3.14. The summed E-state index contributed by atoms with van der Waals surface area (Å²) >= 11 is 5.96. The Morgan fingerprint density at radius 1 is 1.55 bits per heavy atom. The molecule has 2 aromatic heterocycles. The van der Waals surface area contributed by atoms with Gasteiger partial charge in [-0.05, 0) is 19.4 Å². The van der Waals surface area contributed by atoms with Gasteiger partial charge < -0.3 is 10.5 Å². The number of fused-ring (bicyclic) bond motifs is 1. The summed E-state index contributed by atoms with van der Waals surface area (Å²) in [6.07, 6.45) is 2.82. The van der Waals surface area contributed by atoms with Gasteiger partial charge in [0, 0.05) is 24.3 Å². The van der Waals surface area contributed by atoms with Crippen LogP contribution in [0.15, 0.2) is 12.3 Å². The molecule has 1 aliphatic carbocycles. The molecule has 0 saturated heterocycles. The number of halogens is 1. The maximum absolute atomic E-state index is 6.08. The van der Waals surface area contributed by atoms with Crippen molar-refractivity contribution in [3.63, 3.8) is 0 Å². The lowest BCUT2D eigenvalue weighted by molar-refractivity contribution is -0.126. The van der Waals surface area contributed by atoms with Gasteiger partial charge in [-0.15, -0.1) is 0 Å². The summed E-state index contributed by atoms with van der Waals surface area (Å²) in [5.74, 6) is 0.489. The molecular weight excluding hydrogens is 276 g/mol. The van der Waals surface area contributed by atoms with Gasteiger partial charge in [0.25, 0.3) is 0 Å². The van der Waals surface area contributed by atoms with Crippen molar-refractivity contribution in [3.8, 4) is 0 Å². The number of nitrogens with two attached hydrogens (primary N) is 1. The monoisotopic (exact) mass is 294 g/mol. The molecule has 1 aliphatic rings. The maximum atomic E-state index is 6.08. The first-order chi connectivity index (χ1) is 9.45.